The van der Waals surface area contributed by atoms with Gasteiger partial charge in [0.25, 0.3) is 0 Å². The van der Waals surface area contributed by atoms with E-state index in [0.717, 1.165) is 11.1 Å². The summed E-state index contributed by atoms with van der Waals surface area (Å²) in [5.74, 6) is -0.0235. The normalized spacial score (nSPS) is 11.5. The van der Waals surface area contributed by atoms with Crippen LogP contribution in [0.1, 0.15) is 11.1 Å². The van der Waals surface area contributed by atoms with Crippen molar-refractivity contribution in [3.05, 3.63) is 52.1 Å². The fourth-order valence-electron chi connectivity index (χ4n) is 1.61. The summed E-state index contributed by atoms with van der Waals surface area (Å²) in [6.45, 7) is 2.18. The van der Waals surface area contributed by atoms with Gasteiger partial charge in [0.1, 0.15) is 10.7 Å². The van der Waals surface area contributed by atoms with E-state index in [9.17, 15) is 8.42 Å². The highest BCUT2D eigenvalue weighted by Gasteiger charge is 2.18. The Hall–Kier alpha value is -1.44. The largest absolute Gasteiger partial charge is 0.383 e. The number of nitrogens with one attached hydrogen (secondary N) is 1. The fraction of sp³-hybridized carbons (Fsp3) is 0.154. The van der Waals surface area contributed by atoms with E-state index < -0.39 is 10.0 Å². The second kappa shape index (κ2) is 5.90. The molecule has 0 atom stereocenters. The molecule has 1 heterocycles. The molecule has 5 nitrogen and oxygen atoms in total. The van der Waals surface area contributed by atoms with Crippen molar-refractivity contribution < 1.29 is 8.42 Å². The first-order valence-corrected chi connectivity index (χ1v) is 8.12. The average Bonchev–Trinajstić information content (AvgIpc) is 2.41. The zero-order valence-electron chi connectivity index (χ0n) is 10.8. The molecule has 0 unspecified atom stereocenters. The lowest BCUT2D eigenvalue weighted by atomic mass is 10.2. The van der Waals surface area contributed by atoms with Crippen LogP contribution in [0.3, 0.4) is 0 Å². The van der Waals surface area contributed by atoms with Gasteiger partial charge in [0.15, 0.2) is 0 Å². The van der Waals surface area contributed by atoms with Crippen LogP contribution < -0.4 is 10.5 Å². The summed E-state index contributed by atoms with van der Waals surface area (Å²) >= 11 is 3.18. The zero-order chi connectivity index (χ0) is 14.8. The van der Waals surface area contributed by atoms with Gasteiger partial charge in [-0.2, -0.15) is 0 Å². The maximum absolute atomic E-state index is 12.2. The SMILES string of the molecule is Cc1ccc(CNS(=O)(=O)c2cc(Br)cnc2N)cc1. The molecule has 0 saturated carbocycles. The summed E-state index contributed by atoms with van der Waals surface area (Å²) in [7, 11) is -3.69. The number of nitrogens with two attached hydrogens (primary N) is 1. The van der Waals surface area contributed by atoms with Gasteiger partial charge >= 0.3 is 0 Å². The summed E-state index contributed by atoms with van der Waals surface area (Å²) < 4.78 is 27.5. The van der Waals surface area contributed by atoms with Gasteiger partial charge in [-0.05, 0) is 34.5 Å². The molecule has 0 radical (unpaired) electrons. The smallest absolute Gasteiger partial charge is 0.244 e. The number of aryl methyl sites for hydroxylation is 1. The molecule has 0 aliphatic rings. The van der Waals surface area contributed by atoms with Crippen LogP contribution in [0.25, 0.3) is 0 Å². The standard InChI is InChI=1S/C13H14BrN3O2S/c1-9-2-4-10(5-3-9)7-17-20(18,19)12-6-11(14)8-16-13(12)15/h2-6,8,17H,7H2,1H3,(H2,15,16). The number of rotatable bonds is 4. The van der Waals surface area contributed by atoms with Crippen LogP contribution in [0, 0.1) is 6.92 Å². The van der Waals surface area contributed by atoms with Crippen LogP contribution >= 0.6 is 15.9 Å². The molecule has 106 valence electrons. The summed E-state index contributed by atoms with van der Waals surface area (Å²) in [4.78, 5) is 3.79. The third-order valence-corrected chi connectivity index (χ3v) is 4.59. The van der Waals surface area contributed by atoms with Crippen molar-refractivity contribution in [3.63, 3.8) is 0 Å². The lowest BCUT2D eigenvalue weighted by Crippen LogP contribution is -2.24. The van der Waals surface area contributed by atoms with Gasteiger partial charge in [-0.25, -0.2) is 18.1 Å². The van der Waals surface area contributed by atoms with Crippen molar-refractivity contribution in [2.24, 2.45) is 0 Å². The van der Waals surface area contributed by atoms with Crippen LogP contribution in [-0.2, 0) is 16.6 Å². The molecule has 1 aromatic heterocycles. The van der Waals surface area contributed by atoms with Gasteiger partial charge in [0.2, 0.25) is 10.0 Å². The molecule has 2 aromatic rings. The molecule has 1 aromatic carbocycles. The molecule has 0 spiro atoms. The molecule has 0 bridgehead atoms. The molecule has 2 rings (SSSR count). The van der Waals surface area contributed by atoms with Gasteiger partial charge in [-0.3, -0.25) is 0 Å². The summed E-state index contributed by atoms with van der Waals surface area (Å²) in [5, 5.41) is 0. The van der Waals surface area contributed by atoms with Crippen LogP contribution in [-0.4, -0.2) is 13.4 Å². The first-order chi connectivity index (χ1) is 9.38. The van der Waals surface area contributed by atoms with Gasteiger partial charge in [0.05, 0.1) is 0 Å². The van der Waals surface area contributed by atoms with E-state index in [2.05, 4.69) is 25.6 Å². The van der Waals surface area contributed by atoms with E-state index in [1.165, 1.54) is 12.3 Å². The third-order valence-electron chi connectivity index (χ3n) is 2.72. The molecule has 0 aliphatic carbocycles. The first kappa shape index (κ1) is 15.0. The Bertz CT molecular complexity index is 715. The Morgan fingerprint density at radius 1 is 1.30 bits per heavy atom. The Kier molecular flexibility index (Phi) is 4.42. The minimum Gasteiger partial charge on any atom is -0.383 e. The second-order valence-electron chi connectivity index (χ2n) is 4.35. The van der Waals surface area contributed by atoms with E-state index in [1.54, 1.807) is 0 Å². The van der Waals surface area contributed by atoms with E-state index in [4.69, 9.17) is 5.73 Å². The Morgan fingerprint density at radius 2 is 1.95 bits per heavy atom. The first-order valence-electron chi connectivity index (χ1n) is 5.85. The van der Waals surface area contributed by atoms with E-state index >= 15 is 0 Å². The van der Waals surface area contributed by atoms with Gasteiger partial charge in [0, 0.05) is 17.2 Å². The molecule has 3 N–H and O–H groups in total. The predicted molar refractivity (Wildman–Crippen MR) is 81.6 cm³/mol. The number of hydrogen-bond donors (Lipinski definition) is 2. The van der Waals surface area contributed by atoms with E-state index in [-0.39, 0.29) is 17.3 Å². The van der Waals surface area contributed by atoms with Crippen molar-refractivity contribution in [1.82, 2.24) is 9.71 Å². The number of halogens is 1. The monoisotopic (exact) mass is 355 g/mol. The number of nitrogens with zero attached hydrogens (tertiary/aromatic N) is 1. The third kappa shape index (κ3) is 3.56. The van der Waals surface area contributed by atoms with Crippen molar-refractivity contribution >= 4 is 31.8 Å². The number of benzene rings is 1. The molecule has 0 saturated heterocycles. The maximum atomic E-state index is 12.2. The maximum Gasteiger partial charge on any atom is 0.244 e. The summed E-state index contributed by atoms with van der Waals surface area (Å²) in [6.07, 6.45) is 1.45. The van der Waals surface area contributed by atoms with Crippen molar-refractivity contribution in [3.8, 4) is 0 Å². The minimum atomic E-state index is -3.69. The molecular weight excluding hydrogens is 342 g/mol. The van der Waals surface area contributed by atoms with Crippen LogP contribution in [0.4, 0.5) is 5.82 Å². The van der Waals surface area contributed by atoms with Crippen molar-refractivity contribution in [2.45, 2.75) is 18.4 Å². The summed E-state index contributed by atoms with van der Waals surface area (Å²) in [5.41, 5.74) is 7.61. The van der Waals surface area contributed by atoms with Crippen molar-refractivity contribution in [2.75, 3.05) is 5.73 Å². The predicted octanol–water partition coefficient (Wildman–Crippen LogP) is 2.21. The summed E-state index contributed by atoms with van der Waals surface area (Å²) in [6, 6.07) is 9.04. The lowest BCUT2D eigenvalue weighted by molar-refractivity contribution is 0.581. The number of aromatic nitrogens is 1. The van der Waals surface area contributed by atoms with Crippen LogP contribution in [0.2, 0.25) is 0 Å². The van der Waals surface area contributed by atoms with Crippen LogP contribution in [0.15, 0.2) is 45.9 Å². The van der Waals surface area contributed by atoms with Crippen molar-refractivity contribution in [1.29, 1.82) is 0 Å². The Labute approximate surface area is 126 Å². The van der Waals surface area contributed by atoms with Gasteiger partial charge in [-0.15, -0.1) is 0 Å². The molecule has 7 heteroatoms. The molecule has 0 fully saturated rings. The minimum absolute atomic E-state index is 0.0235. The van der Waals surface area contributed by atoms with Crippen LogP contribution in [0.5, 0.6) is 0 Å². The zero-order valence-corrected chi connectivity index (χ0v) is 13.2. The highest BCUT2D eigenvalue weighted by atomic mass is 79.9. The number of sulfonamides is 1. The van der Waals surface area contributed by atoms with Gasteiger partial charge < -0.3 is 5.73 Å². The topological polar surface area (TPSA) is 85.1 Å². The quantitative estimate of drug-likeness (QED) is 0.880. The Balaban J connectivity index is 2.19. The lowest BCUT2D eigenvalue weighted by Gasteiger charge is -2.09. The van der Waals surface area contributed by atoms with E-state index in [1.807, 2.05) is 31.2 Å². The molecule has 0 amide bonds. The van der Waals surface area contributed by atoms with Gasteiger partial charge in [-0.1, -0.05) is 29.8 Å². The van der Waals surface area contributed by atoms with E-state index in [0.29, 0.717) is 4.47 Å². The highest BCUT2D eigenvalue weighted by Crippen LogP contribution is 2.20. The number of hydrogen-bond acceptors (Lipinski definition) is 4. The molecule has 0 aliphatic heterocycles. The Morgan fingerprint density at radius 3 is 2.60 bits per heavy atom. The number of pyridine rings is 1. The molecular formula is C13H14BrN3O2S. The fourth-order valence-corrected chi connectivity index (χ4v) is 3.21. The highest BCUT2D eigenvalue weighted by molar-refractivity contribution is 9.10. The average molecular weight is 356 g/mol. The number of nitrogen functional groups attached to an aromatic ring is 1. The number of anilines is 1. The molecule has 20 heavy (non-hydrogen) atoms. The second-order valence-corrected chi connectivity index (χ2v) is 7.00.